The van der Waals surface area contributed by atoms with Crippen LogP contribution in [0.15, 0.2) is 12.4 Å². The van der Waals surface area contributed by atoms with Crippen molar-refractivity contribution in [2.45, 2.75) is 38.6 Å². The zero-order valence-electron chi connectivity index (χ0n) is 11.9. The molecule has 20 heavy (non-hydrogen) atoms. The molecular formula is C14H21N3O3. The number of rotatable bonds is 4. The monoisotopic (exact) mass is 279 g/mol. The first kappa shape index (κ1) is 14.6. The maximum absolute atomic E-state index is 12.2. The summed E-state index contributed by atoms with van der Waals surface area (Å²) in [6, 6.07) is -0.110. The third-order valence-corrected chi connectivity index (χ3v) is 3.98. The first-order chi connectivity index (χ1) is 9.47. The van der Waals surface area contributed by atoms with Crippen LogP contribution in [0.5, 0.6) is 0 Å². The smallest absolute Gasteiger partial charge is 0.306 e. The molecule has 0 aliphatic heterocycles. The Morgan fingerprint density at radius 2 is 2.15 bits per heavy atom. The summed E-state index contributed by atoms with van der Waals surface area (Å²) in [6.07, 6.45) is 6.29. The molecule has 2 N–H and O–H groups in total. The molecule has 6 heteroatoms. The van der Waals surface area contributed by atoms with Gasteiger partial charge in [0.1, 0.15) is 0 Å². The predicted molar refractivity (Wildman–Crippen MR) is 72.8 cm³/mol. The number of hydrogen-bond donors (Lipinski definition) is 2. The maximum atomic E-state index is 12.2. The number of carboxylic acid groups (broad SMARTS) is 1. The Morgan fingerprint density at radius 1 is 1.45 bits per heavy atom. The number of carbonyl (C=O) groups excluding carboxylic acids is 1. The lowest BCUT2D eigenvalue weighted by Crippen LogP contribution is -2.36. The fourth-order valence-corrected chi connectivity index (χ4v) is 2.73. The van der Waals surface area contributed by atoms with Gasteiger partial charge in [0, 0.05) is 24.7 Å². The van der Waals surface area contributed by atoms with Crippen molar-refractivity contribution < 1.29 is 14.7 Å². The van der Waals surface area contributed by atoms with Crippen molar-refractivity contribution in [1.82, 2.24) is 15.1 Å². The van der Waals surface area contributed by atoms with E-state index < -0.39 is 5.97 Å². The molecular weight excluding hydrogens is 258 g/mol. The van der Waals surface area contributed by atoms with Gasteiger partial charge in [-0.15, -0.1) is 0 Å². The van der Waals surface area contributed by atoms with Gasteiger partial charge in [0.2, 0.25) is 5.91 Å². The van der Waals surface area contributed by atoms with Crippen molar-refractivity contribution in [3.8, 4) is 0 Å². The highest BCUT2D eigenvalue weighted by atomic mass is 16.4. The van der Waals surface area contributed by atoms with Crippen LogP contribution in [0.4, 0.5) is 0 Å². The Bertz CT molecular complexity index is 498. The highest BCUT2D eigenvalue weighted by molar-refractivity contribution is 5.80. The Morgan fingerprint density at radius 3 is 2.75 bits per heavy atom. The number of aliphatic carboxylic acids is 1. The summed E-state index contributed by atoms with van der Waals surface area (Å²) in [5.74, 6) is -1.41. The Kier molecular flexibility index (Phi) is 4.42. The van der Waals surface area contributed by atoms with E-state index in [1.807, 2.05) is 20.2 Å². The van der Waals surface area contributed by atoms with Gasteiger partial charge in [-0.05, 0) is 26.2 Å². The molecule has 3 unspecified atom stereocenters. The summed E-state index contributed by atoms with van der Waals surface area (Å²) in [7, 11) is 1.83. The summed E-state index contributed by atoms with van der Waals surface area (Å²) < 4.78 is 1.69. The second kappa shape index (κ2) is 6.07. The zero-order chi connectivity index (χ0) is 14.7. The lowest BCUT2D eigenvalue weighted by molar-refractivity contribution is -0.144. The van der Waals surface area contributed by atoms with Gasteiger partial charge in [0.25, 0.3) is 0 Å². The standard InChI is InChI=1S/C14H21N3O3/c1-9(12-7-15-17(2)8-12)16-13(18)10-4-3-5-11(6-10)14(19)20/h7-11H,3-6H2,1-2H3,(H,16,18)(H,19,20). The van der Waals surface area contributed by atoms with Gasteiger partial charge >= 0.3 is 5.97 Å². The van der Waals surface area contributed by atoms with Crippen LogP contribution in [-0.4, -0.2) is 26.8 Å². The topological polar surface area (TPSA) is 84.2 Å². The van der Waals surface area contributed by atoms with Crippen LogP contribution in [0.1, 0.15) is 44.2 Å². The maximum Gasteiger partial charge on any atom is 0.306 e. The quantitative estimate of drug-likeness (QED) is 0.874. The van der Waals surface area contributed by atoms with Crippen molar-refractivity contribution in [2.75, 3.05) is 0 Å². The molecule has 0 bridgehead atoms. The van der Waals surface area contributed by atoms with Crippen LogP contribution in [0, 0.1) is 11.8 Å². The third kappa shape index (κ3) is 3.37. The minimum atomic E-state index is -0.789. The van der Waals surface area contributed by atoms with Crippen molar-refractivity contribution in [3.05, 3.63) is 18.0 Å². The van der Waals surface area contributed by atoms with E-state index in [4.69, 9.17) is 5.11 Å². The van der Waals surface area contributed by atoms with Crippen molar-refractivity contribution in [3.63, 3.8) is 0 Å². The molecule has 0 saturated heterocycles. The number of nitrogens with zero attached hydrogens (tertiary/aromatic N) is 2. The van der Waals surface area contributed by atoms with Crippen LogP contribution >= 0.6 is 0 Å². The molecule has 1 aliphatic rings. The first-order valence-electron chi connectivity index (χ1n) is 6.99. The minimum Gasteiger partial charge on any atom is -0.481 e. The lowest BCUT2D eigenvalue weighted by atomic mass is 9.81. The molecule has 6 nitrogen and oxygen atoms in total. The van der Waals surface area contributed by atoms with E-state index >= 15 is 0 Å². The van der Waals surface area contributed by atoms with Gasteiger partial charge < -0.3 is 10.4 Å². The molecule has 110 valence electrons. The normalized spacial score (nSPS) is 24.1. The van der Waals surface area contributed by atoms with E-state index in [1.165, 1.54) is 0 Å². The van der Waals surface area contributed by atoms with Gasteiger partial charge in [-0.3, -0.25) is 14.3 Å². The zero-order valence-corrected chi connectivity index (χ0v) is 11.9. The Balaban J connectivity index is 1.92. The second-order valence-corrected chi connectivity index (χ2v) is 5.58. The summed E-state index contributed by atoms with van der Waals surface area (Å²) >= 11 is 0. The number of hydrogen-bond acceptors (Lipinski definition) is 3. The van der Waals surface area contributed by atoms with E-state index in [-0.39, 0.29) is 23.8 Å². The van der Waals surface area contributed by atoms with Crippen LogP contribution in [-0.2, 0) is 16.6 Å². The molecule has 1 heterocycles. The molecule has 1 fully saturated rings. The molecule has 1 aliphatic carbocycles. The number of aryl methyl sites for hydroxylation is 1. The SMILES string of the molecule is CC(NC(=O)C1CCCC(C(=O)O)C1)c1cnn(C)c1. The van der Waals surface area contributed by atoms with Crippen LogP contribution in [0.25, 0.3) is 0 Å². The number of carboxylic acids is 1. The fraction of sp³-hybridized carbons (Fsp3) is 0.643. The predicted octanol–water partition coefficient (Wildman–Crippen LogP) is 1.49. The molecule has 1 amide bonds. The number of amides is 1. The molecule has 1 saturated carbocycles. The highest BCUT2D eigenvalue weighted by Crippen LogP contribution is 2.29. The van der Waals surface area contributed by atoms with Gasteiger partial charge in [-0.25, -0.2) is 0 Å². The van der Waals surface area contributed by atoms with E-state index in [1.54, 1.807) is 10.9 Å². The van der Waals surface area contributed by atoms with Gasteiger partial charge in [0.05, 0.1) is 18.2 Å². The molecule has 1 aromatic heterocycles. The van der Waals surface area contributed by atoms with Crippen molar-refractivity contribution in [1.29, 1.82) is 0 Å². The van der Waals surface area contributed by atoms with Crippen molar-refractivity contribution >= 4 is 11.9 Å². The second-order valence-electron chi connectivity index (χ2n) is 5.58. The largest absolute Gasteiger partial charge is 0.481 e. The molecule has 2 rings (SSSR count). The average Bonchev–Trinajstić information content (AvgIpc) is 2.85. The van der Waals surface area contributed by atoms with Gasteiger partial charge in [-0.1, -0.05) is 6.42 Å². The molecule has 3 atom stereocenters. The first-order valence-corrected chi connectivity index (χ1v) is 6.99. The van der Waals surface area contributed by atoms with Gasteiger partial charge in [-0.2, -0.15) is 5.10 Å². The minimum absolute atomic E-state index is 0.0488. The Labute approximate surface area is 118 Å². The molecule has 0 spiro atoms. The lowest BCUT2D eigenvalue weighted by Gasteiger charge is -2.26. The molecule has 1 aromatic rings. The van der Waals surface area contributed by atoms with E-state index in [0.717, 1.165) is 18.4 Å². The third-order valence-electron chi connectivity index (χ3n) is 3.98. The highest BCUT2D eigenvalue weighted by Gasteiger charge is 2.31. The number of nitrogens with one attached hydrogen (secondary N) is 1. The average molecular weight is 279 g/mol. The molecule has 0 radical (unpaired) electrons. The fourth-order valence-electron chi connectivity index (χ4n) is 2.73. The summed E-state index contributed by atoms with van der Waals surface area (Å²) in [5.41, 5.74) is 0.950. The summed E-state index contributed by atoms with van der Waals surface area (Å²) in [4.78, 5) is 23.3. The Hall–Kier alpha value is -1.85. The van der Waals surface area contributed by atoms with E-state index in [0.29, 0.717) is 12.8 Å². The summed E-state index contributed by atoms with van der Waals surface area (Å²) in [5, 5.41) is 16.1. The number of aromatic nitrogens is 2. The van der Waals surface area contributed by atoms with Crippen LogP contribution < -0.4 is 5.32 Å². The summed E-state index contributed by atoms with van der Waals surface area (Å²) in [6.45, 7) is 1.91. The van der Waals surface area contributed by atoms with E-state index in [2.05, 4.69) is 10.4 Å². The van der Waals surface area contributed by atoms with Crippen molar-refractivity contribution in [2.24, 2.45) is 18.9 Å². The van der Waals surface area contributed by atoms with E-state index in [9.17, 15) is 9.59 Å². The van der Waals surface area contributed by atoms with Gasteiger partial charge in [0.15, 0.2) is 0 Å². The number of carbonyl (C=O) groups is 2. The molecule has 0 aromatic carbocycles. The van der Waals surface area contributed by atoms with Crippen LogP contribution in [0.2, 0.25) is 0 Å². The van der Waals surface area contributed by atoms with Crippen LogP contribution in [0.3, 0.4) is 0 Å².